The van der Waals surface area contributed by atoms with Crippen LogP contribution >= 0.6 is 0 Å². The summed E-state index contributed by atoms with van der Waals surface area (Å²) in [6.45, 7) is 1.88. The Morgan fingerprint density at radius 3 is 2.53 bits per heavy atom. The number of carbonyl (C=O) groups is 1. The highest BCUT2D eigenvalue weighted by atomic mass is 16.6. The first-order chi connectivity index (χ1) is 9.00. The van der Waals surface area contributed by atoms with Crippen LogP contribution in [-0.4, -0.2) is 23.8 Å². The molecule has 102 valence electrons. The van der Waals surface area contributed by atoms with Crippen LogP contribution in [0.5, 0.6) is 0 Å². The van der Waals surface area contributed by atoms with Crippen molar-refractivity contribution < 1.29 is 9.72 Å². The highest BCUT2D eigenvalue weighted by Gasteiger charge is 2.27. The number of nitro groups is 1. The van der Waals surface area contributed by atoms with E-state index in [9.17, 15) is 14.9 Å². The predicted molar refractivity (Wildman–Crippen MR) is 73.5 cm³/mol. The van der Waals surface area contributed by atoms with Gasteiger partial charge in [0.15, 0.2) is 0 Å². The summed E-state index contributed by atoms with van der Waals surface area (Å²) < 4.78 is 0. The molecule has 0 spiro atoms. The molecule has 1 aliphatic rings. The molecule has 0 heterocycles. The summed E-state index contributed by atoms with van der Waals surface area (Å²) in [6.07, 6.45) is 2.71. The summed E-state index contributed by atoms with van der Waals surface area (Å²) in [5, 5.41) is 11.1. The zero-order valence-electron chi connectivity index (χ0n) is 11.3. The molecule has 5 nitrogen and oxygen atoms in total. The van der Waals surface area contributed by atoms with E-state index in [0.717, 1.165) is 18.4 Å². The Kier molecular flexibility index (Phi) is 3.83. The Morgan fingerprint density at radius 2 is 1.95 bits per heavy atom. The van der Waals surface area contributed by atoms with Gasteiger partial charge in [-0.1, -0.05) is 12.1 Å². The molecule has 0 aliphatic heterocycles. The van der Waals surface area contributed by atoms with Crippen molar-refractivity contribution in [1.29, 1.82) is 0 Å². The molecule has 0 amide bonds. The summed E-state index contributed by atoms with van der Waals surface area (Å²) >= 11 is 0. The summed E-state index contributed by atoms with van der Waals surface area (Å²) in [5.41, 5.74) is 1.71. The Labute approximate surface area is 112 Å². The van der Waals surface area contributed by atoms with Crippen LogP contribution in [0.3, 0.4) is 0 Å². The normalized spacial score (nSPS) is 16.4. The maximum absolute atomic E-state index is 11.3. The maximum Gasteiger partial charge on any atom is 0.292 e. The fraction of sp³-hybridized carbons (Fsp3) is 0.500. The Hall–Kier alpha value is -1.91. The van der Waals surface area contributed by atoms with Gasteiger partial charge in [0, 0.05) is 32.0 Å². The van der Waals surface area contributed by atoms with Gasteiger partial charge < -0.3 is 4.90 Å². The molecule has 1 aliphatic carbocycles. The van der Waals surface area contributed by atoms with Gasteiger partial charge in [0.05, 0.1) is 4.92 Å². The lowest BCUT2D eigenvalue weighted by molar-refractivity contribution is -0.384. The number of rotatable bonds is 3. The first-order valence-electron chi connectivity index (χ1n) is 6.49. The monoisotopic (exact) mass is 262 g/mol. The minimum Gasteiger partial charge on any atom is -0.366 e. The van der Waals surface area contributed by atoms with Gasteiger partial charge in [0.2, 0.25) is 0 Å². The van der Waals surface area contributed by atoms with Crippen LogP contribution in [0.15, 0.2) is 18.2 Å². The van der Waals surface area contributed by atoms with E-state index < -0.39 is 0 Å². The van der Waals surface area contributed by atoms with Crippen molar-refractivity contribution in [2.24, 2.45) is 0 Å². The molecule has 1 saturated carbocycles. The van der Waals surface area contributed by atoms with Crippen molar-refractivity contribution >= 4 is 17.2 Å². The van der Waals surface area contributed by atoms with E-state index in [1.807, 2.05) is 24.9 Å². The molecule has 0 N–H and O–H groups in total. The Balaban J connectivity index is 2.30. The highest BCUT2D eigenvalue weighted by molar-refractivity contribution is 5.79. The second-order valence-electron chi connectivity index (χ2n) is 5.08. The molecular formula is C14H18N2O3. The fourth-order valence-electron chi connectivity index (χ4n) is 2.74. The number of nitrogens with zero attached hydrogens (tertiary/aromatic N) is 2. The highest BCUT2D eigenvalue weighted by Crippen LogP contribution is 2.34. The number of hydrogen-bond acceptors (Lipinski definition) is 4. The summed E-state index contributed by atoms with van der Waals surface area (Å²) in [5.74, 6) is 0.295. The van der Waals surface area contributed by atoms with Gasteiger partial charge in [-0.25, -0.2) is 0 Å². The lowest BCUT2D eigenvalue weighted by Crippen LogP contribution is -2.36. The van der Waals surface area contributed by atoms with E-state index in [1.54, 1.807) is 6.07 Å². The van der Waals surface area contributed by atoms with Crippen molar-refractivity contribution in [2.45, 2.75) is 38.6 Å². The first-order valence-corrected chi connectivity index (χ1v) is 6.49. The predicted octanol–water partition coefficient (Wildman–Crippen LogP) is 2.85. The average Bonchev–Trinajstić information content (AvgIpc) is 2.38. The van der Waals surface area contributed by atoms with Crippen molar-refractivity contribution in [3.63, 3.8) is 0 Å². The van der Waals surface area contributed by atoms with Gasteiger partial charge in [-0.05, 0) is 25.3 Å². The van der Waals surface area contributed by atoms with Gasteiger partial charge in [-0.2, -0.15) is 0 Å². The molecule has 1 fully saturated rings. The molecule has 0 atom stereocenters. The second kappa shape index (κ2) is 5.38. The lowest BCUT2D eigenvalue weighted by atomic mass is 9.92. The van der Waals surface area contributed by atoms with Crippen LogP contribution in [0, 0.1) is 17.0 Å². The van der Waals surface area contributed by atoms with Crippen LogP contribution in [0.1, 0.15) is 31.2 Å². The third-order valence-electron chi connectivity index (χ3n) is 3.83. The third kappa shape index (κ3) is 2.75. The molecule has 0 aromatic heterocycles. The quantitative estimate of drug-likeness (QED) is 0.620. The number of benzene rings is 1. The van der Waals surface area contributed by atoms with Gasteiger partial charge in [0.25, 0.3) is 5.69 Å². The summed E-state index contributed by atoms with van der Waals surface area (Å²) in [4.78, 5) is 24.1. The van der Waals surface area contributed by atoms with E-state index in [4.69, 9.17) is 0 Å². The van der Waals surface area contributed by atoms with Crippen molar-refractivity contribution in [2.75, 3.05) is 11.9 Å². The number of anilines is 1. The van der Waals surface area contributed by atoms with Gasteiger partial charge in [-0.3, -0.25) is 14.9 Å². The molecule has 2 rings (SSSR count). The van der Waals surface area contributed by atoms with E-state index in [0.29, 0.717) is 24.3 Å². The minimum absolute atomic E-state index is 0.138. The molecular weight excluding hydrogens is 244 g/mol. The van der Waals surface area contributed by atoms with E-state index in [1.165, 1.54) is 6.07 Å². The van der Waals surface area contributed by atoms with Crippen molar-refractivity contribution in [1.82, 2.24) is 0 Å². The zero-order valence-corrected chi connectivity index (χ0v) is 11.3. The van der Waals surface area contributed by atoms with Gasteiger partial charge in [-0.15, -0.1) is 0 Å². The van der Waals surface area contributed by atoms with Gasteiger partial charge >= 0.3 is 0 Å². The third-order valence-corrected chi connectivity index (χ3v) is 3.83. The Bertz CT molecular complexity index is 503. The molecule has 0 saturated heterocycles. The van der Waals surface area contributed by atoms with Crippen LogP contribution < -0.4 is 4.90 Å². The van der Waals surface area contributed by atoms with Crippen LogP contribution in [0.4, 0.5) is 11.4 Å². The molecule has 1 aromatic rings. The second-order valence-corrected chi connectivity index (χ2v) is 5.08. The fourth-order valence-corrected chi connectivity index (χ4v) is 2.74. The average molecular weight is 262 g/mol. The number of ketones is 1. The molecule has 19 heavy (non-hydrogen) atoms. The van der Waals surface area contributed by atoms with Crippen LogP contribution in [-0.2, 0) is 4.79 Å². The number of aryl methyl sites for hydroxylation is 1. The minimum atomic E-state index is -0.340. The van der Waals surface area contributed by atoms with Crippen LogP contribution in [0.25, 0.3) is 0 Å². The van der Waals surface area contributed by atoms with Crippen molar-refractivity contribution in [3.8, 4) is 0 Å². The van der Waals surface area contributed by atoms with Gasteiger partial charge in [0.1, 0.15) is 11.5 Å². The van der Waals surface area contributed by atoms with E-state index in [2.05, 4.69) is 0 Å². The molecule has 5 heteroatoms. The Morgan fingerprint density at radius 1 is 1.32 bits per heavy atom. The first kappa shape index (κ1) is 13.5. The molecule has 1 aromatic carbocycles. The van der Waals surface area contributed by atoms with E-state index in [-0.39, 0.29) is 16.7 Å². The lowest BCUT2D eigenvalue weighted by Gasteiger charge is -2.33. The molecule has 0 unspecified atom stereocenters. The molecule has 0 radical (unpaired) electrons. The zero-order chi connectivity index (χ0) is 14.0. The maximum atomic E-state index is 11.3. The number of nitro benzene ring substituents is 1. The molecule has 0 bridgehead atoms. The largest absolute Gasteiger partial charge is 0.366 e. The van der Waals surface area contributed by atoms with E-state index >= 15 is 0 Å². The number of para-hydroxylation sites is 1. The number of carbonyl (C=O) groups excluding carboxylic acids is 1. The van der Waals surface area contributed by atoms with Crippen LogP contribution in [0.2, 0.25) is 0 Å². The van der Waals surface area contributed by atoms with Crippen molar-refractivity contribution in [3.05, 3.63) is 33.9 Å². The summed E-state index contributed by atoms with van der Waals surface area (Å²) in [6, 6.07) is 5.33. The summed E-state index contributed by atoms with van der Waals surface area (Å²) in [7, 11) is 1.88. The number of Topliss-reactive ketones (excluding diaryl/α,β-unsaturated/α-hetero) is 1. The number of hydrogen-bond donors (Lipinski definition) is 0. The smallest absolute Gasteiger partial charge is 0.292 e. The topological polar surface area (TPSA) is 63.5 Å². The standard InChI is InChI=1S/C14H18N2O3/c1-10-4-3-5-13(16(18)19)14(10)15(2)11-6-8-12(17)9-7-11/h3-5,11H,6-9H2,1-2H3. The SMILES string of the molecule is Cc1cccc([N+](=O)[O-])c1N(C)C1CCC(=O)CC1.